The van der Waals surface area contributed by atoms with Gasteiger partial charge < -0.3 is 5.32 Å². The zero-order chi connectivity index (χ0) is 12.8. The van der Waals surface area contributed by atoms with Crippen LogP contribution in [0.4, 0.5) is 4.39 Å². The largest absolute Gasteiger partial charge is 0.314 e. The van der Waals surface area contributed by atoms with Crippen molar-refractivity contribution in [2.75, 3.05) is 6.54 Å². The Balaban J connectivity index is 2.64. The lowest BCUT2D eigenvalue weighted by Crippen LogP contribution is -2.32. The summed E-state index contributed by atoms with van der Waals surface area (Å²) in [6.07, 6.45) is 0.810. The molecule has 0 aliphatic heterocycles. The van der Waals surface area contributed by atoms with Crippen molar-refractivity contribution in [2.24, 2.45) is 11.8 Å². The Morgan fingerprint density at radius 2 is 1.76 bits per heavy atom. The van der Waals surface area contributed by atoms with Crippen LogP contribution in [-0.4, -0.2) is 12.6 Å². The molecule has 1 aromatic rings. The van der Waals surface area contributed by atoms with Gasteiger partial charge in [0.05, 0.1) is 0 Å². The summed E-state index contributed by atoms with van der Waals surface area (Å²) < 4.78 is 13.6. The molecule has 96 valence electrons. The van der Waals surface area contributed by atoms with Gasteiger partial charge in [0, 0.05) is 6.04 Å². The summed E-state index contributed by atoms with van der Waals surface area (Å²) in [4.78, 5) is 0. The van der Waals surface area contributed by atoms with E-state index < -0.39 is 0 Å². The highest BCUT2D eigenvalue weighted by Gasteiger charge is 2.16. The first-order valence-corrected chi connectivity index (χ1v) is 6.47. The monoisotopic (exact) mass is 237 g/mol. The summed E-state index contributed by atoms with van der Waals surface area (Å²) in [6, 6.07) is 7.57. The Labute approximate surface area is 104 Å². The van der Waals surface area contributed by atoms with Crippen molar-refractivity contribution < 1.29 is 4.39 Å². The number of rotatable bonds is 6. The van der Waals surface area contributed by atoms with Crippen LogP contribution in [0.3, 0.4) is 0 Å². The second-order valence-electron chi connectivity index (χ2n) is 5.36. The fourth-order valence-corrected chi connectivity index (χ4v) is 1.88. The van der Waals surface area contributed by atoms with E-state index >= 15 is 0 Å². The number of hydrogen-bond donors (Lipinski definition) is 1. The third kappa shape index (κ3) is 4.86. The maximum Gasteiger partial charge on any atom is 0.126 e. The average Bonchev–Trinajstić information content (AvgIpc) is 2.25. The molecule has 1 aromatic carbocycles. The first-order valence-electron chi connectivity index (χ1n) is 6.47. The number of benzene rings is 1. The molecule has 1 atom stereocenters. The normalized spacial score (nSPS) is 13.4. The minimum atomic E-state index is -0.0808. The van der Waals surface area contributed by atoms with Gasteiger partial charge in [0.15, 0.2) is 0 Å². The number of halogens is 1. The molecule has 0 bridgehead atoms. The molecule has 2 heteroatoms. The van der Waals surface area contributed by atoms with E-state index in [1.165, 1.54) is 0 Å². The van der Waals surface area contributed by atoms with E-state index in [9.17, 15) is 4.39 Å². The molecular formula is C15H24FN. The van der Waals surface area contributed by atoms with E-state index in [-0.39, 0.29) is 5.82 Å². The van der Waals surface area contributed by atoms with Gasteiger partial charge in [-0.25, -0.2) is 4.39 Å². The minimum Gasteiger partial charge on any atom is -0.314 e. The zero-order valence-electron chi connectivity index (χ0n) is 11.3. The quantitative estimate of drug-likeness (QED) is 0.796. The molecule has 0 spiro atoms. The molecule has 0 aliphatic carbocycles. The van der Waals surface area contributed by atoms with Crippen LogP contribution in [0.5, 0.6) is 0 Å². The van der Waals surface area contributed by atoms with E-state index in [0.29, 0.717) is 17.9 Å². The molecule has 0 radical (unpaired) electrons. The number of hydrogen-bond acceptors (Lipinski definition) is 1. The van der Waals surface area contributed by atoms with Crippen molar-refractivity contribution in [1.29, 1.82) is 0 Å². The van der Waals surface area contributed by atoms with Gasteiger partial charge in [-0.1, -0.05) is 45.9 Å². The molecule has 1 N–H and O–H groups in total. The summed E-state index contributed by atoms with van der Waals surface area (Å²) in [7, 11) is 0. The number of nitrogens with one attached hydrogen (secondary N) is 1. The van der Waals surface area contributed by atoms with Crippen LogP contribution in [0.25, 0.3) is 0 Å². The van der Waals surface area contributed by atoms with Crippen molar-refractivity contribution in [1.82, 2.24) is 5.32 Å². The first kappa shape index (κ1) is 14.2. The maximum absolute atomic E-state index is 13.6. The summed E-state index contributed by atoms with van der Waals surface area (Å²) in [5, 5.41) is 3.44. The summed E-state index contributed by atoms with van der Waals surface area (Å²) >= 11 is 0. The molecule has 0 amide bonds. The molecule has 0 heterocycles. The van der Waals surface area contributed by atoms with Crippen LogP contribution in [0.1, 0.15) is 33.3 Å². The SMILES string of the molecule is CC(C)NCC(Cc1ccccc1F)C(C)C. The van der Waals surface area contributed by atoms with Crippen molar-refractivity contribution in [3.05, 3.63) is 35.6 Å². The van der Waals surface area contributed by atoms with Gasteiger partial charge in [-0.15, -0.1) is 0 Å². The molecule has 1 rings (SSSR count). The Hall–Kier alpha value is -0.890. The van der Waals surface area contributed by atoms with Crippen molar-refractivity contribution in [2.45, 2.75) is 40.2 Å². The second-order valence-corrected chi connectivity index (χ2v) is 5.36. The summed E-state index contributed by atoms with van der Waals surface area (Å²) in [5.41, 5.74) is 0.830. The van der Waals surface area contributed by atoms with E-state index in [2.05, 4.69) is 33.0 Å². The van der Waals surface area contributed by atoms with E-state index in [0.717, 1.165) is 18.5 Å². The van der Waals surface area contributed by atoms with Crippen molar-refractivity contribution in [3.63, 3.8) is 0 Å². The highest BCUT2D eigenvalue weighted by Crippen LogP contribution is 2.18. The van der Waals surface area contributed by atoms with Gasteiger partial charge in [0.2, 0.25) is 0 Å². The Kier molecular flexibility index (Phi) is 5.63. The fourth-order valence-electron chi connectivity index (χ4n) is 1.88. The Morgan fingerprint density at radius 1 is 1.12 bits per heavy atom. The van der Waals surface area contributed by atoms with Gasteiger partial charge in [-0.05, 0) is 36.4 Å². The Bertz CT molecular complexity index is 333. The van der Waals surface area contributed by atoms with Crippen LogP contribution in [0.2, 0.25) is 0 Å². The average molecular weight is 237 g/mol. The Morgan fingerprint density at radius 3 is 2.29 bits per heavy atom. The minimum absolute atomic E-state index is 0.0808. The van der Waals surface area contributed by atoms with Crippen LogP contribution < -0.4 is 5.32 Å². The topological polar surface area (TPSA) is 12.0 Å². The smallest absolute Gasteiger partial charge is 0.126 e. The molecule has 0 fully saturated rings. The van der Waals surface area contributed by atoms with Crippen LogP contribution in [0, 0.1) is 17.7 Å². The molecule has 0 aromatic heterocycles. The third-order valence-corrected chi connectivity index (χ3v) is 3.17. The predicted molar refractivity (Wildman–Crippen MR) is 71.6 cm³/mol. The zero-order valence-corrected chi connectivity index (χ0v) is 11.3. The van der Waals surface area contributed by atoms with Crippen LogP contribution in [0.15, 0.2) is 24.3 Å². The molecule has 0 saturated carbocycles. The lowest BCUT2D eigenvalue weighted by molar-refractivity contribution is 0.345. The lowest BCUT2D eigenvalue weighted by atomic mass is 9.89. The highest BCUT2D eigenvalue weighted by atomic mass is 19.1. The standard InChI is InChI=1S/C15H24FN/c1-11(2)14(10-17-12(3)4)9-13-7-5-6-8-15(13)16/h5-8,11-12,14,17H,9-10H2,1-4H3. The lowest BCUT2D eigenvalue weighted by Gasteiger charge is -2.23. The van der Waals surface area contributed by atoms with Gasteiger partial charge in [-0.2, -0.15) is 0 Å². The van der Waals surface area contributed by atoms with Crippen molar-refractivity contribution >= 4 is 0 Å². The van der Waals surface area contributed by atoms with E-state index in [4.69, 9.17) is 0 Å². The molecular weight excluding hydrogens is 213 g/mol. The molecule has 0 aliphatic rings. The maximum atomic E-state index is 13.6. The molecule has 17 heavy (non-hydrogen) atoms. The summed E-state index contributed by atoms with van der Waals surface area (Å²) in [6.45, 7) is 9.63. The van der Waals surface area contributed by atoms with Crippen molar-refractivity contribution in [3.8, 4) is 0 Å². The molecule has 1 unspecified atom stereocenters. The van der Waals surface area contributed by atoms with Gasteiger partial charge >= 0.3 is 0 Å². The van der Waals surface area contributed by atoms with Gasteiger partial charge in [-0.3, -0.25) is 0 Å². The second kappa shape index (κ2) is 6.75. The van der Waals surface area contributed by atoms with Crippen LogP contribution in [-0.2, 0) is 6.42 Å². The first-order chi connectivity index (χ1) is 8.00. The van der Waals surface area contributed by atoms with E-state index in [1.54, 1.807) is 12.1 Å². The van der Waals surface area contributed by atoms with Gasteiger partial charge in [0.25, 0.3) is 0 Å². The highest BCUT2D eigenvalue weighted by molar-refractivity contribution is 5.18. The van der Waals surface area contributed by atoms with Gasteiger partial charge in [0.1, 0.15) is 5.82 Å². The van der Waals surface area contributed by atoms with Crippen LogP contribution >= 0.6 is 0 Å². The molecule has 1 nitrogen and oxygen atoms in total. The fraction of sp³-hybridized carbons (Fsp3) is 0.600. The molecule has 0 saturated heterocycles. The van der Waals surface area contributed by atoms with E-state index in [1.807, 2.05) is 12.1 Å². The third-order valence-electron chi connectivity index (χ3n) is 3.17. The predicted octanol–water partition coefficient (Wildman–Crippen LogP) is 3.64. The summed E-state index contributed by atoms with van der Waals surface area (Å²) in [5.74, 6) is 0.956.